The van der Waals surface area contributed by atoms with E-state index in [9.17, 15) is 4.79 Å². The van der Waals surface area contributed by atoms with Crippen LogP contribution in [0.15, 0.2) is 72.6 Å². The van der Waals surface area contributed by atoms with Gasteiger partial charge in [-0.1, -0.05) is 30.3 Å². The Balaban J connectivity index is 1.81. The normalized spacial score (nSPS) is 12.1. The minimum Gasteiger partial charge on any atom is -0.303 e. The minimum atomic E-state index is -0.0553. The number of hydrogen-bond donors (Lipinski definition) is 0. The Bertz CT molecular complexity index is 1230. The van der Waals surface area contributed by atoms with Crippen LogP contribution in [0.1, 0.15) is 17.7 Å². The van der Waals surface area contributed by atoms with Gasteiger partial charge in [-0.3, -0.25) is 14.2 Å². The Morgan fingerprint density at radius 2 is 2.04 bits per heavy atom. The van der Waals surface area contributed by atoms with Gasteiger partial charge in [-0.05, 0) is 23.6 Å². The zero-order valence-electron chi connectivity index (χ0n) is 14.8. The van der Waals surface area contributed by atoms with E-state index in [1.165, 1.54) is 5.56 Å². The molecule has 0 saturated carbocycles. The van der Waals surface area contributed by atoms with Crippen molar-refractivity contribution in [3.8, 4) is 22.4 Å². The van der Waals surface area contributed by atoms with Gasteiger partial charge in [0.05, 0.1) is 11.4 Å². The molecule has 1 aliphatic rings. The van der Waals surface area contributed by atoms with Gasteiger partial charge in [0, 0.05) is 48.9 Å². The number of benzene rings is 1. The maximum Gasteiger partial charge on any atom is 0.294 e. The van der Waals surface area contributed by atoms with Crippen molar-refractivity contribution in [2.24, 2.45) is 0 Å². The number of pyridine rings is 1. The minimum absolute atomic E-state index is 0.0553. The number of imidazole rings is 1. The van der Waals surface area contributed by atoms with Crippen molar-refractivity contribution in [3.63, 3.8) is 0 Å². The standard InChI is InChI=1S/C22H18N4O/c1-2-3-11-26-20-17-8-4-7-16(15-6-5-9-23-14-15)18(17)13-19(20)25-12-10-24-21(25)22(26)27/h2,4-10,12,14H,1,3,11,13H2. The van der Waals surface area contributed by atoms with Gasteiger partial charge < -0.3 is 4.57 Å². The van der Waals surface area contributed by atoms with Crippen LogP contribution >= 0.6 is 0 Å². The molecule has 0 atom stereocenters. The summed E-state index contributed by atoms with van der Waals surface area (Å²) in [4.78, 5) is 21.6. The lowest BCUT2D eigenvalue weighted by atomic mass is 9.97. The summed E-state index contributed by atoms with van der Waals surface area (Å²) in [5.41, 5.74) is 7.12. The molecule has 0 fully saturated rings. The molecule has 0 amide bonds. The van der Waals surface area contributed by atoms with E-state index >= 15 is 0 Å². The molecule has 1 aromatic carbocycles. The summed E-state index contributed by atoms with van der Waals surface area (Å²) >= 11 is 0. The molecular weight excluding hydrogens is 336 g/mol. The van der Waals surface area contributed by atoms with Crippen molar-refractivity contribution in [1.29, 1.82) is 0 Å². The van der Waals surface area contributed by atoms with Gasteiger partial charge in [0.15, 0.2) is 0 Å². The first-order valence-corrected chi connectivity index (χ1v) is 9.02. The van der Waals surface area contributed by atoms with Crippen molar-refractivity contribution in [3.05, 3.63) is 89.4 Å². The average molecular weight is 354 g/mol. The fourth-order valence-corrected chi connectivity index (χ4v) is 4.03. The highest BCUT2D eigenvalue weighted by Crippen LogP contribution is 2.41. The molecule has 5 rings (SSSR count). The second-order valence-corrected chi connectivity index (χ2v) is 6.70. The van der Waals surface area contributed by atoms with E-state index in [0.29, 0.717) is 12.2 Å². The predicted octanol–water partition coefficient (Wildman–Crippen LogP) is 3.71. The second-order valence-electron chi connectivity index (χ2n) is 6.70. The molecule has 0 bridgehead atoms. The smallest absolute Gasteiger partial charge is 0.294 e. The van der Waals surface area contributed by atoms with E-state index < -0.39 is 0 Å². The molecule has 0 spiro atoms. The van der Waals surface area contributed by atoms with Crippen LogP contribution in [-0.2, 0) is 13.0 Å². The van der Waals surface area contributed by atoms with Gasteiger partial charge in [-0.2, -0.15) is 0 Å². The molecule has 5 nitrogen and oxygen atoms in total. The molecule has 5 heteroatoms. The van der Waals surface area contributed by atoms with Gasteiger partial charge in [-0.15, -0.1) is 6.58 Å². The molecule has 0 N–H and O–H groups in total. The zero-order chi connectivity index (χ0) is 18.4. The first-order valence-electron chi connectivity index (χ1n) is 9.02. The van der Waals surface area contributed by atoms with Crippen LogP contribution < -0.4 is 5.56 Å². The van der Waals surface area contributed by atoms with Crippen LogP contribution in [0.4, 0.5) is 0 Å². The third kappa shape index (κ3) is 2.28. The molecule has 3 aromatic heterocycles. The molecule has 4 aromatic rings. The van der Waals surface area contributed by atoms with Gasteiger partial charge in [0.25, 0.3) is 5.56 Å². The third-order valence-electron chi connectivity index (χ3n) is 5.22. The van der Waals surface area contributed by atoms with Gasteiger partial charge in [0.1, 0.15) is 0 Å². The first kappa shape index (κ1) is 15.8. The second kappa shape index (κ2) is 6.06. The Morgan fingerprint density at radius 3 is 2.85 bits per heavy atom. The SMILES string of the molecule is C=CCCn1c2c(n3ccnc3c1=O)Cc1c(-c3cccnc3)cccc1-2. The van der Waals surface area contributed by atoms with Crippen molar-refractivity contribution in [2.45, 2.75) is 19.4 Å². The maximum atomic E-state index is 13.1. The van der Waals surface area contributed by atoms with Crippen molar-refractivity contribution in [2.75, 3.05) is 0 Å². The third-order valence-corrected chi connectivity index (χ3v) is 5.22. The van der Waals surface area contributed by atoms with Crippen LogP contribution in [0.25, 0.3) is 28.0 Å². The summed E-state index contributed by atoms with van der Waals surface area (Å²) in [6.07, 6.45) is 10.6. The number of fused-ring (bicyclic) bond motifs is 5. The van der Waals surface area contributed by atoms with E-state index in [4.69, 9.17) is 0 Å². The highest BCUT2D eigenvalue weighted by Gasteiger charge is 2.28. The molecular formula is C22H18N4O. The van der Waals surface area contributed by atoms with Crippen LogP contribution in [0.5, 0.6) is 0 Å². The quantitative estimate of drug-likeness (QED) is 0.462. The first-order chi connectivity index (χ1) is 13.3. The van der Waals surface area contributed by atoms with Crippen LogP contribution in [0.2, 0.25) is 0 Å². The van der Waals surface area contributed by atoms with Crippen LogP contribution in [0, 0.1) is 0 Å². The Morgan fingerprint density at radius 1 is 1.15 bits per heavy atom. The fraction of sp³-hybridized carbons (Fsp3) is 0.136. The van der Waals surface area contributed by atoms with Crippen LogP contribution in [0.3, 0.4) is 0 Å². The summed E-state index contributed by atoms with van der Waals surface area (Å²) in [7, 11) is 0. The van der Waals surface area contributed by atoms with Gasteiger partial charge in [-0.25, -0.2) is 4.98 Å². The predicted molar refractivity (Wildman–Crippen MR) is 106 cm³/mol. The molecule has 3 heterocycles. The highest BCUT2D eigenvalue weighted by molar-refractivity contribution is 5.83. The number of rotatable bonds is 4. The molecule has 0 saturated heterocycles. The summed E-state index contributed by atoms with van der Waals surface area (Å²) in [5.74, 6) is 0. The van der Waals surface area contributed by atoms with Crippen LogP contribution in [-0.4, -0.2) is 18.9 Å². The molecule has 132 valence electrons. The van der Waals surface area contributed by atoms with E-state index in [-0.39, 0.29) is 5.56 Å². The molecule has 27 heavy (non-hydrogen) atoms. The summed E-state index contributed by atoms with van der Waals surface area (Å²) in [6.45, 7) is 4.41. The summed E-state index contributed by atoms with van der Waals surface area (Å²) in [5, 5.41) is 0. The lowest BCUT2D eigenvalue weighted by Gasteiger charge is -2.14. The Kier molecular flexibility index (Phi) is 3.53. The van der Waals surface area contributed by atoms with Crippen molar-refractivity contribution >= 4 is 5.65 Å². The van der Waals surface area contributed by atoms with E-state index in [1.54, 1.807) is 12.4 Å². The molecule has 0 radical (unpaired) electrons. The van der Waals surface area contributed by atoms with Gasteiger partial charge >= 0.3 is 0 Å². The molecule has 0 aliphatic heterocycles. The highest BCUT2D eigenvalue weighted by atomic mass is 16.1. The van der Waals surface area contributed by atoms with E-state index in [0.717, 1.165) is 40.9 Å². The topological polar surface area (TPSA) is 52.2 Å². The Labute approximate surface area is 156 Å². The number of hydrogen-bond acceptors (Lipinski definition) is 3. The lowest BCUT2D eigenvalue weighted by Crippen LogP contribution is -2.25. The summed E-state index contributed by atoms with van der Waals surface area (Å²) < 4.78 is 3.80. The number of aromatic nitrogens is 4. The number of allylic oxidation sites excluding steroid dienone is 1. The molecule has 1 aliphatic carbocycles. The zero-order valence-corrected chi connectivity index (χ0v) is 14.8. The largest absolute Gasteiger partial charge is 0.303 e. The monoisotopic (exact) mass is 354 g/mol. The van der Waals surface area contributed by atoms with E-state index in [2.05, 4.69) is 40.8 Å². The Hall–Kier alpha value is -3.47. The van der Waals surface area contributed by atoms with Gasteiger partial charge in [0.2, 0.25) is 5.65 Å². The maximum absolute atomic E-state index is 13.1. The number of nitrogens with zero attached hydrogens (tertiary/aromatic N) is 4. The van der Waals surface area contributed by atoms with Crippen molar-refractivity contribution in [1.82, 2.24) is 18.9 Å². The molecule has 0 unspecified atom stereocenters. The average Bonchev–Trinajstić information content (AvgIpc) is 3.33. The fourth-order valence-electron chi connectivity index (χ4n) is 4.03. The van der Waals surface area contributed by atoms with E-state index in [1.807, 2.05) is 33.5 Å². The van der Waals surface area contributed by atoms with Crippen molar-refractivity contribution < 1.29 is 0 Å². The summed E-state index contributed by atoms with van der Waals surface area (Å²) in [6, 6.07) is 10.3. The lowest BCUT2D eigenvalue weighted by molar-refractivity contribution is 0.681.